The van der Waals surface area contributed by atoms with Gasteiger partial charge in [-0.1, -0.05) is 66.4 Å². The molecule has 6 heteroatoms. The molecule has 3 aromatic carbocycles. The predicted octanol–water partition coefficient (Wildman–Crippen LogP) is 3.40. The zero-order chi connectivity index (χ0) is 24.3. The molecule has 0 spiro atoms. The highest BCUT2D eigenvalue weighted by Gasteiger charge is 2.46. The fourth-order valence-electron chi connectivity index (χ4n) is 4.16. The predicted molar refractivity (Wildman–Crippen MR) is 134 cm³/mol. The van der Waals surface area contributed by atoms with Crippen LogP contribution in [0, 0.1) is 17.8 Å². The molecule has 2 aliphatic carbocycles. The Kier molecular flexibility index (Phi) is 6.24. The number of carbonyl (C=O) groups is 3. The monoisotopic (exact) mass is 465 g/mol. The Labute approximate surface area is 204 Å². The third-order valence-corrected chi connectivity index (χ3v) is 6.53. The summed E-state index contributed by atoms with van der Waals surface area (Å²) in [5.74, 6) is 4.67. The highest BCUT2D eigenvalue weighted by Crippen LogP contribution is 2.46. The van der Waals surface area contributed by atoms with Crippen molar-refractivity contribution in [1.82, 2.24) is 16.0 Å². The molecule has 176 valence electrons. The Morgan fingerprint density at radius 2 is 1.57 bits per heavy atom. The molecule has 0 bridgehead atoms. The summed E-state index contributed by atoms with van der Waals surface area (Å²) in [6.45, 7) is 0.227. The van der Waals surface area contributed by atoms with Crippen molar-refractivity contribution in [2.24, 2.45) is 5.92 Å². The van der Waals surface area contributed by atoms with E-state index < -0.39 is 11.8 Å². The summed E-state index contributed by atoms with van der Waals surface area (Å²) in [6, 6.07) is 21.6. The molecule has 3 amide bonds. The maximum Gasteiger partial charge on any atom is 0.310 e. The number of rotatable bonds is 6. The summed E-state index contributed by atoms with van der Waals surface area (Å²) in [5, 5.41) is 10.6. The largest absolute Gasteiger partial charge is 0.344 e. The first-order valence-electron chi connectivity index (χ1n) is 12.0. The number of amides is 3. The molecule has 2 fully saturated rings. The van der Waals surface area contributed by atoms with Crippen LogP contribution in [0.2, 0.25) is 0 Å². The standard InChI is InChI=1S/C29H27N3O3/c33-26(32-29(15-16-29)24-14-13-21-7-1-2-8-22(21)18-24)25-10-4-3-9-23(25)19-31-28(35)27(34)30-17-5-6-20-11-12-20/h1-4,7-10,13-14,18,20H,11-12,15-17,19H2,(H,30,34)(H,31,35)(H,32,33). The molecule has 0 atom stereocenters. The summed E-state index contributed by atoms with van der Waals surface area (Å²) in [6.07, 6.45) is 3.97. The van der Waals surface area contributed by atoms with E-state index in [9.17, 15) is 14.4 Å². The van der Waals surface area contributed by atoms with Gasteiger partial charge in [0.25, 0.3) is 5.91 Å². The molecular weight excluding hydrogens is 438 g/mol. The zero-order valence-corrected chi connectivity index (χ0v) is 19.4. The van der Waals surface area contributed by atoms with Gasteiger partial charge in [0, 0.05) is 18.0 Å². The van der Waals surface area contributed by atoms with E-state index in [4.69, 9.17) is 0 Å². The van der Waals surface area contributed by atoms with Crippen LogP contribution in [-0.2, 0) is 21.7 Å². The van der Waals surface area contributed by atoms with E-state index in [1.165, 1.54) is 5.39 Å². The van der Waals surface area contributed by atoms with Gasteiger partial charge in [-0.3, -0.25) is 14.4 Å². The minimum absolute atomic E-state index is 0.0760. The van der Waals surface area contributed by atoms with E-state index in [1.807, 2.05) is 18.2 Å². The molecule has 6 nitrogen and oxygen atoms in total. The summed E-state index contributed by atoms with van der Waals surface area (Å²) in [5.41, 5.74) is 1.85. The van der Waals surface area contributed by atoms with Crippen molar-refractivity contribution in [3.63, 3.8) is 0 Å². The van der Waals surface area contributed by atoms with Crippen LogP contribution in [0.4, 0.5) is 0 Å². The Hall–Kier alpha value is -4.11. The summed E-state index contributed by atoms with van der Waals surface area (Å²) in [7, 11) is 0. The van der Waals surface area contributed by atoms with Gasteiger partial charge in [0.15, 0.2) is 0 Å². The van der Waals surface area contributed by atoms with E-state index in [0.29, 0.717) is 17.0 Å². The van der Waals surface area contributed by atoms with Gasteiger partial charge in [-0.15, -0.1) is 0 Å². The Morgan fingerprint density at radius 1 is 0.857 bits per heavy atom. The van der Waals surface area contributed by atoms with Gasteiger partial charge in [0.05, 0.1) is 12.1 Å². The van der Waals surface area contributed by atoms with Gasteiger partial charge >= 0.3 is 11.8 Å². The van der Waals surface area contributed by atoms with Crippen LogP contribution in [0.5, 0.6) is 0 Å². The van der Waals surface area contributed by atoms with Crippen molar-refractivity contribution in [2.75, 3.05) is 6.54 Å². The lowest BCUT2D eigenvalue weighted by Crippen LogP contribution is -2.40. The molecule has 0 unspecified atom stereocenters. The molecule has 0 heterocycles. The minimum atomic E-state index is -0.747. The van der Waals surface area contributed by atoms with Crippen molar-refractivity contribution >= 4 is 28.5 Å². The number of hydrogen-bond donors (Lipinski definition) is 3. The molecule has 3 N–H and O–H groups in total. The molecule has 2 aliphatic rings. The smallest absolute Gasteiger partial charge is 0.310 e. The number of fused-ring (bicyclic) bond motifs is 1. The highest BCUT2D eigenvalue weighted by atomic mass is 16.2. The molecule has 3 aromatic rings. The molecule has 0 saturated heterocycles. The fourth-order valence-corrected chi connectivity index (χ4v) is 4.16. The fraction of sp³-hybridized carbons (Fsp3) is 0.276. The Bertz CT molecular complexity index is 1360. The van der Waals surface area contributed by atoms with Crippen molar-refractivity contribution in [1.29, 1.82) is 0 Å². The minimum Gasteiger partial charge on any atom is -0.344 e. The first kappa shape index (κ1) is 22.7. The zero-order valence-electron chi connectivity index (χ0n) is 19.4. The SMILES string of the molecule is O=C(NCC#CC1CC1)C(=O)NCc1ccccc1C(=O)NC1(c2ccc3ccccc3c2)CC1. The lowest BCUT2D eigenvalue weighted by molar-refractivity contribution is -0.139. The maximum absolute atomic E-state index is 13.3. The molecule has 2 saturated carbocycles. The third kappa shape index (κ3) is 5.36. The maximum atomic E-state index is 13.3. The van der Waals surface area contributed by atoms with Gasteiger partial charge in [-0.2, -0.15) is 0 Å². The molecular formula is C29H27N3O3. The average molecular weight is 466 g/mol. The first-order valence-corrected chi connectivity index (χ1v) is 12.0. The second-order valence-electron chi connectivity index (χ2n) is 9.22. The van der Waals surface area contributed by atoms with E-state index in [1.54, 1.807) is 18.2 Å². The van der Waals surface area contributed by atoms with Gasteiger partial charge in [0.2, 0.25) is 0 Å². The van der Waals surface area contributed by atoms with Crippen molar-refractivity contribution in [3.05, 3.63) is 83.4 Å². The van der Waals surface area contributed by atoms with E-state index in [2.05, 4.69) is 58.1 Å². The van der Waals surface area contributed by atoms with Crippen molar-refractivity contribution in [3.8, 4) is 11.8 Å². The van der Waals surface area contributed by atoms with Crippen LogP contribution in [-0.4, -0.2) is 24.3 Å². The average Bonchev–Trinajstić information content (AvgIpc) is 3.82. The van der Waals surface area contributed by atoms with Gasteiger partial charge in [-0.25, -0.2) is 0 Å². The van der Waals surface area contributed by atoms with Gasteiger partial charge in [0.1, 0.15) is 0 Å². The van der Waals surface area contributed by atoms with Crippen molar-refractivity contribution in [2.45, 2.75) is 37.8 Å². The van der Waals surface area contributed by atoms with Crippen LogP contribution in [0.3, 0.4) is 0 Å². The molecule has 0 aromatic heterocycles. The third-order valence-electron chi connectivity index (χ3n) is 6.53. The lowest BCUT2D eigenvalue weighted by Gasteiger charge is -2.20. The lowest BCUT2D eigenvalue weighted by atomic mass is 9.99. The summed E-state index contributed by atoms with van der Waals surface area (Å²) in [4.78, 5) is 37.5. The van der Waals surface area contributed by atoms with E-state index in [0.717, 1.165) is 36.6 Å². The quantitative estimate of drug-likeness (QED) is 0.385. The van der Waals surface area contributed by atoms with E-state index in [-0.39, 0.29) is 24.5 Å². The number of carbonyl (C=O) groups excluding carboxylic acids is 3. The van der Waals surface area contributed by atoms with Crippen LogP contribution in [0.25, 0.3) is 10.8 Å². The number of nitrogens with one attached hydrogen (secondary N) is 3. The van der Waals surface area contributed by atoms with Crippen LogP contribution in [0.15, 0.2) is 66.7 Å². The van der Waals surface area contributed by atoms with Gasteiger partial charge in [-0.05, 0) is 59.7 Å². The van der Waals surface area contributed by atoms with Crippen LogP contribution in [0.1, 0.15) is 47.2 Å². The number of benzene rings is 3. The normalized spacial score (nSPS) is 15.4. The topological polar surface area (TPSA) is 87.3 Å². The molecule has 35 heavy (non-hydrogen) atoms. The van der Waals surface area contributed by atoms with Crippen LogP contribution < -0.4 is 16.0 Å². The molecule has 5 rings (SSSR count). The second kappa shape index (κ2) is 9.63. The van der Waals surface area contributed by atoms with Crippen LogP contribution >= 0.6 is 0 Å². The van der Waals surface area contributed by atoms with Crippen molar-refractivity contribution < 1.29 is 14.4 Å². The molecule has 0 radical (unpaired) electrons. The van der Waals surface area contributed by atoms with Gasteiger partial charge < -0.3 is 16.0 Å². The molecule has 0 aliphatic heterocycles. The highest BCUT2D eigenvalue weighted by molar-refractivity contribution is 6.35. The Morgan fingerprint density at radius 3 is 2.34 bits per heavy atom. The number of hydrogen-bond acceptors (Lipinski definition) is 3. The summed E-state index contributed by atoms with van der Waals surface area (Å²) >= 11 is 0. The first-order chi connectivity index (χ1) is 17.0. The Balaban J connectivity index is 1.22. The summed E-state index contributed by atoms with van der Waals surface area (Å²) < 4.78 is 0. The second-order valence-corrected chi connectivity index (χ2v) is 9.22. The van der Waals surface area contributed by atoms with E-state index >= 15 is 0 Å².